The Kier molecular flexibility index (Phi) is 5.20. The number of hydrogen-bond donors (Lipinski definition) is 2. The van der Waals surface area contributed by atoms with Crippen LogP contribution >= 0.6 is 11.6 Å². The van der Waals surface area contributed by atoms with Gasteiger partial charge >= 0.3 is 0 Å². The standard InChI is InChI=1S/C16H17ClN2O2/c1-11-7-13(16(18)19-20)5-6-14(11)10-21-9-12-3-2-4-15(17)8-12/h2-8,20H,9-10H2,1H3,(H2,18,19). The molecular weight excluding hydrogens is 288 g/mol. The van der Waals surface area contributed by atoms with E-state index in [-0.39, 0.29) is 5.84 Å². The minimum absolute atomic E-state index is 0.101. The molecule has 0 amide bonds. The number of ether oxygens (including phenoxy) is 1. The molecule has 0 atom stereocenters. The molecule has 2 rings (SSSR count). The summed E-state index contributed by atoms with van der Waals surface area (Å²) in [7, 11) is 0. The summed E-state index contributed by atoms with van der Waals surface area (Å²) in [6, 6.07) is 13.2. The van der Waals surface area contributed by atoms with Gasteiger partial charge in [0, 0.05) is 10.6 Å². The summed E-state index contributed by atoms with van der Waals surface area (Å²) in [4.78, 5) is 0. The van der Waals surface area contributed by atoms with E-state index in [1.165, 1.54) is 0 Å². The van der Waals surface area contributed by atoms with Crippen molar-refractivity contribution in [1.29, 1.82) is 0 Å². The van der Waals surface area contributed by atoms with Gasteiger partial charge in [0.2, 0.25) is 0 Å². The molecule has 0 saturated heterocycles. The Morgan fingerprint density at radius 3 is 2.71 bits per heavy atom. The van der Waals surface area contributed by atoms with Crippen molar-refractivity contribution in [2.75, 3.05) is 0 Å². The van der Waals surface area contributed by atoms with Crippen LogP contribution in [0.25, 0.3) is 0 Å². The highest BCUT2D eigenvalue weighted by atomic mass is 35.5. The van der Waals surface area contributed by atoms with Crippen LogP contribution < -0.4 is 5.73 Å². The zero-order chi connectivity index (χ0) is 15.2. The van der Waals surface area contributed by atoms with E-state index in [2.05, 4.69) is 5.16 Å². The maximum atomic E-state index is 8.67. The molecule has 2 aromatic carbocycles. The van der Waals surface area contributed by atoms with E-state index in [1.54, 1.807) is 6.07 Å². The number of rotatable bonds is 5. The minimum Gasteiger partial charge on any atom is -0.409 e. The Bertz CT molecular complexity index is 656. The van der Waals surface area contributed by atoms with Crippen LogP contribution in [-0.4, -0.2) is 11.0 Å². The van der Waals surface area contributed by atoms with Crippen LogP contribution in [0.2, 0.25) is 5.02 Å². The van der Waals surface area contributed by atoms with Crippen molar-refractivity contribution in [2.24, 2.45) is 10.9 Å². The zero-order valence-electron chi connectivity index (χ0n) is 11.7. The van der Waals surface area contributed by atoms with Crippen LogP contribution in [0, 0.1) is 6.92 Å². The molecule has 0 aliphatic rings. The van der Waals surface area contributed by atoms with E-state index < -0.39 is 0 Å². The van der Waals surface area contributed by atoms with Crippen molar-refractivity contribution in [2.45, 2.75) is 20.1 Å². The zero-order valence-corrected chi connectivity index (χ0v) is 12.5. The molecule has 0 bridgehead atoms. The lowest BCUT2D eigenvalue weighted by atomic mass is 10.1. The third-order valence-corrected chi connectivity index (χ3v) is 3.40. The Labute approximate surface area is 128 Å². The van der Waals surface area contributed by atoms with Gasteiger partial charge in [0.05, 0.1) is 13.2 Å². The van der Waals surface area contributed by atoms with Crippen molar-refractivity contribution >= 4 is 17.4 Å². The molecule has 0 radical (unpaired) electrons. The van der Waals surface area contributed by atoms with Gasteiger partial charge in [-0.25, -0.2) is 0 Å². The fourth-order valence-electron chi connectivity index (χ4n) is 1.98. The van der Waals surface area contributed by atoms with E-state index in [9.17, 15) is 0 Å². The average Bonchev–Trinajstić information content (AvgIpc) is 2.48. The first kappa shape index (κ1) is 15.4. The Morgan fingerprint density at radius 2 is 2.05 bits per heavy atom. The molecule has 0 aliphatic carbocycles. The SMILES string of the molecule is Cc1cc(/C(N)=N/O)ccc1COCc1cccc(Cl)c1. The van der Waals surface area contributed by atoms with E-state index in [4.69, 9.17) is 27.3 Å². The molecule has 5 heteroatoms. The molecule has 0 aliphatic heterocycles. The highest BCUT2D eigenvalue weighted by Crippen LogP contribution is 2.15. The molecule has 0 saturated carbocycles. The predicted octanol–water partition coefficient (Wildman–Crippen LogP) is 3.46. The summed E-state index contributed by atoms with van der Waals surface area (Å²) in [6.45, 7) is 2.96. The number of amidine groups is 1. The molecule has 0 aromatic heterocycles. The summed E-state index contributed by atoms with van der Waals surface area (Å²) < 4.78 is 5.70. The second-order valence-corrected chi connectivity index (χ2v) is 5.19. The van der Waals surface area contributed by atoms with E-state index in [0.717, 1.165) is 16.7 Å². The largest absolute Gasteiger partial charge is 0.409 e. The highest BCUT2D eigenvalue weighted by Gasteiger charge is 2.04. The first-order valence-corrected chi connectivity index (χ1v) is 6.87. The van der Waals surface area contributed by atoms with Gasteiger partial charge in [-0.05, 0) is 41.8 Å². The molecular formula is C16H17ClN2O2. The maximum Gasteiger partial charge on any atom is 0.170 e. The van der Waals surface area contributed by atoms with Gasteiger partial charge in [0.25, 0.3) is 0 Å². The molecule has 3 N–H and O–H groups in total. The fourth-order valence-corrected chi connectivity index (χ4v) is 2.19. The normalized spacial score (nSPS) is 11.6. The van der Waals surface area contributed by atoms with Gasteiger partial charge in [0.15, 0.2) is 5.84 Å². The summed E-state index contributed by atoms with van der Waals surface area (Å²) in [5.41, 5.74) is 9.38. The van der Waals surface area contributed by atoms with Crippen molar-refractivity contribution in [3.8, 4) is 0 Å². The molecule has 2 aromatic rings. The Balaban J connectivity index is 1.97. The molecule has 0 unspecified atom stereocenters. The monoisotopic (exact) mass is 304 g/mol. The quantitative estimate of drug-likeness (QED) is 0.385. The van der Waals surface area contributed by atoms with Crippen molar-refractivity contribution in [3.05, 3.63) is 69.7 Å². The van der Waals surface area contributed by atoms with E-state index >= 15 is 0 Å². The average molecular weight is 305 g/mol. The third kappa shape index (κ3) is 4.21. The first-order chi connectivity index (χ1) is 10.1. The second-order valence-electron chi connectivity index (χ2n) is 4.75. The van der Waals surface area contributed by atoms with Crippen LogP contribution in [0.15, 0.2) is 47.6 Å². The highest BCUT2D eigenvalue weighted by molar-refractivity contribution is 6.30. The summed E-state index contributed by atoms with van der Waals surface area (Å²) in [6.07, 6.45) is 0. The molecule has 21 heavy (non-hydrogen) atoms. The summed E-state index contributed by atoms with van der Waals surface area (Å²) >= 11 is 5.93. The molecule has 0 spiro atoms. The maximum absolute atomic E-state index is 8.67. The molecule has 0 fully saturated rings. The number of benzene rings is 2. The van der Waals surface area contributed by atoms with Crippen molar-refractivity contribution < 1.29 is 9.94 Å². The van der Waals surface area contributed by atoms with Crippen LogP contribution in [-0.2, 0) is 18.0 Å². The lowest BCUT2D eigenvalue weighted by molar-refractivity contribution is 0.107. The number of oxime groups is 1. The smallest absolute Gasteiger partial charge is 0.170 e. The van der Waals surface area contributed by atoms with Crippen molar-refractivity contribution in [3.63, 3.8) is 0 Å². The number of hydrogen-bond acceptors (Lipinski definition) is 3. The number of halogens is 1. The van der Waals surface area contributed by atoms with Gasteiger partial charge in [-0.3, -0.25) is 0 Å². The Hall–Kier alpha value is -2.04. The van der Waals surface area contributed by atoms with E-state index in [0.29, 0.717) is 23.8 Å². The van der Waals surface area contributed by atoms with Gasteiger partial charge in [-0.1, -0.05) is 41.0 Å². The summed E-state index contributed by atoms with van der Waals surface area (Å²) in [5, 5.41) is 12.4. The lowest BCUT2D eigenvalue weighted by Crippen LogP contribution is -2.13. The topological polar surface area (TPSA) is 67.8 Å². The van der Waals surface area contributed by atoms with Crippen LogP contribution in [0.4, 0.5) is 0 Å². The number of aryl methyl sites for hydroxylation is 1. The molecule has 0 heterocycles. The van der Waals surface area contributed by atoms with Crippen LogP contribution in [0.5, 0.6) is 0 Å². The summed E-state index contributed by atoms with van der Waals surface area (Å²) in [5.74, 6) is 0.101. The van der Waals surface area contributed by atoms with Gasteiger partial charge in [-0.2, -0.15) is 0 Å². The first-order valence-electron chi connectivity index (χ1n) is 6.50. The fraction of sp³-hybridized carbons (Fsp3) is 0.188. The van der Waals surface area contributed by atoms with Crippen molar-refractivity contribution in [1.82, 2.24) is 0 Å². The van der Waals surface area contributed by atoms with Crippen LogP contribution in [0.1, 0.15) is 22.3 Å². The number of nitrogens with zero attached hydrogens (tertiary/aromatic N) is 1. The number of nitrogens with two attached hydrogens (primary N) is 1. The third-order valence-electron chi connectivity index (χ3n) is 3.16. The molecule has 110 valence electrons. The Morgan fingerprint density at radius 1 is 1.24 bits per heavy atom. The minimum atomic E-state index is 0.101. The lowest BCUT2D eigenvalue weighted by Gasteiger charge is -2.09. The van der Waals surface area contributed by atoms with Gasteiger partial charge < -0.3 is 15.7 Å². The second kappa shape index (κ2) is 7.11. The molecule has 4 nitrogen and oxygen atoms in total. The van der Waals surface area contributed by atoms with Gasteiger partial charge in [0.1, 0.15) is 0 Å². The van der Waals surface area contributed by atoms with E-state index in [1.807, 2.05) is 43.3 Å². The predicted molar refractivity (Wildman–Crippen MR) is 83.6 cm³/mol. The van der Waals surface area contributed by atoms with Gasteiger partial charge in [-0.15, -0.1) is 0 Å². The van der Waals surface area contributed by atoms with Crippen LogP contribution in [0.3, 0.4) is 0 Å².